The predicted octanol–water partition coefficient (Wildman–Crippen LogP) is -3.84. The van der Waals surface area contributed by atoms with Crippen molar-refractivity contribution in [1.29, 1.82) is 0 Å². The minimum atomic E-state index is -1.52. The van der Waals surface area contributed by atoms with E-state index in [0.29, 0.717) is 0 Å². The highest BCUT2D eigenvalue weighted by atomic mass is 16.7. The summed E-state index contributed by atoms with van der Waals surface area (Å²) >= 11 is 0. The highest BCUT2D eigenvalue weighted by molar-refractivity contribution is 4.88. The summed E-state index contributed by atoms with van der Waals surface area (Å²) in [7, 11) is 0. The first-order valence-electron chi connectivity index (χ1n) is 5.22. The SMILES string of the molecule is OCC(O)COC1OC(CO)C(O)C(O)C1O. The van der Waals surface area contributed by atoms with Crippen molar-refractivity contribution in [3.05, 3.63) is 0 Å². The van der Waals surface area contributed by atoms with Crippen molar-refractivity contribution in [2.45, 2.75) is 36.8 Å². The fraction of sp³-hybridized carbons (Fsp3) is 1.00. The summed E-state index contributed by atoms with van der Waals surface area (Å²) in [5.74, 6) is 0. The Morgan fingerprint density at radius 1 is 1.06 bits per heavy atom. The van der Waals surface area contributed by atoms with Crippen LogP contribution in [-0.2, 0) is 9.47 Å². The van der Waals surface area contributed by atoms with Gasteiger partial charge in [-0.05, 0) is 0 Å². The van der Waals surface area contributed by atoms with E-state index in [2.05, 4.69) is 0 Å². The van der Waals surface area contributed by atoms with Crippen LogP contribution in [0.2, 0.25) is 0 Å². The van der Waals surface area contributed by atoms with Crippen LogP contribution in [0.5, 0.6) is 0 Å². The minimum Gasteiger partial charge on any atom is -0.394 e. The zero-order valence-corrected chi connectivity index (χ0v) is 9.09. The number of aliphatic hydroxyl groups is 6. The zero-order valence-electron chi connectivity index (χ0n) is 9.09. The highest BCUT2D eigenvalue weighted by Gasteiger charge is 2.44. The maximum absolute atomic E-state index is 9.52. The van der Waals surface area contributed by atoms with Gasteiger partial charge in [-0.2, -0.15) is 0 Å². The molecule has 1 aliphatic heterocycles. The number of hydrogen-bond donors (Lipinski definition) is 6. The van der Waals surface area contributed by atoms with Gasteiger partial charge in [0, 0.05) is 0 Å². The van der Waals surface area contributed by atoms with Gasteiger partial charge in [-0.3, -0.25) is 0 Å². The molecule has 0 aromatic rings. The molecular weight excluding hydrogens is 236 g/mol. The van der Waals surface area contributed by atoms with Gasteiger partial charge in [0.2, 0.25) is 0 Å². The Morgan fingerprint density at radius 3 is 2.24 bits per heavy atom. The first-order valence-corrected chi connectivity index (χ1v) is 5.22. The molecule has 1 fully saturated rings. The van der Waals surface area contributed by atoms with Crippen LogP contribution < -0.4 is 0 Å². The topological polar surface area (TPSA) is 140 Å². The van der Waals surface area contributed by atoms with Gasteiger partial charge >= 0.3 is 0 Å². The van der Waals surface area contributed by atoms with Crippen molar-refractivity contribution < 1.29 is 40.1 Å². The Hall–Kier alpha value is -0.320. The van der Waals surface area contributed by atoms with E-state index < -0.39 is 50.0 Å². The Balaban J connectivity index is 2.53. The molecule has 1 heterocycles. The first kappa shape index (κ1) is 14.7. The molecular formula is C9H18O8. The molecule has 1 saturated heterocycles. The standard InChI is InChI=1S/C9H18O8/c10-1-4(12)3-16-9-8(15)7(14)6(13)5(2-11)17-9/h4-15H,1-3H2. The summed E-state index contributed by atoms with van der Waals surface area (Å²) in [4.78, 5) is 0. The van der Waals surface area contributed by atoms with Crippen LogP contribution in [-0.4, -0.2) is 87.3 Å². The third-order valence-electron chi connectivity index (χ3n) is 2.51. The molecule has 0 aliphatic carbocycles. The van der Waals surface area contributed by atoms with Gasteiger partial charge in [0.25, 0.3) is 0 Å². The molecule has 8 heteroatoms. The van der Waals surface area contributed by atoms with E-state index >= 15 is 0 Å². The quantitative estimate of drug-likeness (QED) is 0.293. The molecule has 6 atom stereocenters. The van der Waals surface area contributed by atoms with Crippen LogP contribution in [0.4, 0.5) is 0 Å². The van der Waals surface area contributed by atoms with E-state index in [1.807, 2.05) is 0 Å². The lowest BCUT2D eigenvalue weighted by Gasteiger charge is -2.39. The second-order valence-corrected chi connectivity index (χ2v) is 3.87. The van der Waals surface area contributed by atoms with Gasteiger partial charge in [-0.25, -0.2) is 0 Å². The maximum atomic E-state index is 9.52. The van der Waals surface area contributed by atoms with E-state index in [4.69, 9.17) is 24.8 Å². The van der Waals surface area contributed by atoms with E-state index in [1.54, 1.807) is 0 Å². The molecule has 0 saturated carbocycles. The molecule has 6 unspecified atom stereocenters. The molecule has 1 rings (SSSR count). The van der Waals surface area contributed by atoms with Crippen molar-refractivity contribution in [1.82, 2.24) is 0 Å². The Labute approximate surface area is 97.6 Å². The van der Waals surface area contributed by atoms with Crippen molar-refractivity contribution in [3.8, 4) is 0 Å². The largest absolute Gasteiger partial charge is 0.394 e. The summed E-state index contributed by atoms with van der Waals surface area (Å²) in [5, 5.41) is 54.9. The molecule has 0 aromatic heterocycles. The highest BCUT2D eigenvalue weighted by Crippen LogP contribution is 2.21. The normalized spacial score (nSPS) is 40.2. The lowest BCUT2D eigenvalue weighted by molar-refractivity contribution is -0.304. The Kier molecular flexibility index (Phi) is 5.70. The third kappa shape index (κ3) is 3.57. The number of ether oxygens (including phenoxy) is 2. The molecule has 8 nitrogen and oxygen atoms in total. The molecule has 0 bridgehead atoms. The van der Waals surface area contributed by atoms with E-state index in [0.717, 1.165) is 0 Å². The fourth-order valence-electron chi connectivity index (χ4n) is 1.46. The molecule has 17 heavy (non-hydrogen) atoms. The van der Waals surface area contributed by atoms with Crippen molar-refractivity contribution in [2.75, 3.05) is 19.8 Å². The van der Waals surface area contributed by atoms with Gasteiger partial charge in [-0.1, -0.05) is 0 Å². The summed E-state index contributed by atoms with van der Waals surface area (Å²) in [6.07, 6.45) is -7.94. The zero-order chi connectivity index (χ0) is 13.0. The van der Waals surface area contributed by atoms with Crippen LogP contribution >= 0.6 is 0 Å². The first-order chi connectivity index (χ1) is 8.01. The number of rotatable bonds is 5. The van der Waals surface area contributed by atoms with E-state index in [9.17, 15) is 15.3 Å². The third-order valence-corrected chi connectivity index (χ3v) is 2.51. The van der Waals surface area contributed by atoms with Crippen LogP contribution in [0.15, 0.2) is 0 Å². The van der Waals surface area contributed by atoms with Crippen LogP contribution in [0.3, 0.4) is 0 Å². The fourth-order valence-corrected chi connectivity index (χ4v) is 1.46. The Bertz CT molecular complexity index is 223. The number of hydrogen-bond acceptors (Lipinski definition) is 8. The molecule has 102 valence electrons. The smallest absolute Gasteiger partial charge is 0.186 e. The van der Waals surface area contributed by atoms with Gasteiger partial charge < -0.3 is 40.1 Å². The molecule has 6 N–H and O–H groups in total. The van der Waals surface area contributed by atoms with Crippen molar-refractivity contribution in [3.63, 3.8) is 0 Å². The predicted molar refractivity (Wildman–Crippen MR) is 52.8 cm³/mol. The maximum Gasteiger partial charge on any atom is 0.186 e. The lowest BCUT2D eigenvalue weighted by atomic mass is 9.99. The van der Waals surface area contributed by atoms with Gasteiger partial charge in [0.15, 0.2) is 6.29 Å². The average molecular weight is 254 g/mol. The summed E-state index contributed by atoms with van der Waals surface area (Å²) in [5.41, 5.74) is 0. The van der Waals surface area contributed by atoms with E-state index in [-0.39, 0.29) is 6.61 Å². The van der Waals surface area contributed by atoms with Crippen LogP contribution in [0.1, 0.15) is 0 Å². The minimum absolute atomic E-state index is 0.306. The second-order valence-electron chi connectivity index (χ2n) is 3.87. The Morgan fingerprint density at radius 2 is 1.71 bits per heavy atom. The molecule has 0 spiro atoms. The van der Waals surface area contributed by atoms with Crippen LogP contribution in [0, 0.1) is 0 Å². The van der Waals surface area contributed by atoms with Crippen LogP contribution in [0.25, 0.3) is 0 Å². The number of aliphatic hydroxyl groups excluding tert-OH is 6. The lowest BCUT2D eigenvalue weighted by Crippen LogP contribution is -2.59. The van der Waals surface area contributed by atoms with Gasteiger partial charge in [0.1, 0.15) is 30.5 Å². The second kappa shape index (κ2) is 6.57. The summed E-state index contributed by atoms with van der Waals surface area (Å²) in [6.45, 7) is -1.37. The summed E-state index contributed by atoms with van der Waals surface area (Å²) < 4.78 is 9.93. The molecule has 0 aromatic carbocycles. The molecule has 0 radical (unpaired) electrons. The monoisotopic (exact) mass is 254 g/mol. The van der Waals surface area contributed by atoms with Gasteiger partial charge in [0.05, 0.1) is 19.8 Å². The van der Waals surface area contributed by atoms with Crippen molar-refractivity contribution >= 4 is 0 Å². The molecule has 0 amide bonds. The average Bonchev–Trinajstić information content (AvgIpc) is 2.34. The van der Waals surface area contributed by atoms with E-state index in [1.165, 1.54) is 0 Å². The van der Waals surface area contributed by atoms with Gasteiger partial charge in [-0.15, -0.1) is 0 Å². The van der Waals surface area contributed by atoms with Crippen molar-refractivity contribution in [2.24, 2.45) is 0 Å². The molecule has 1 aliphatic rings. The summed E-state index contributed by atoms with van der Waals surface area (Å²) in [6, 6.07) is 0.